The number of hydrogen-bond acceptors (Lipinski definition) is 5. The Hall–Kier alpha value is -2.21. The maximum Gasteiger partial charge on any atom is 0.228 e. The lowest BCUT2D eigenvalue weighted by atomic mass is 9.94. The number of likely N-dealkylation sites (tertiary alicyclic amines) is 1. The first-order valence-corrected chi connectivity index (χ1v) is 8.68. The highest BCUT2D eigenvalue weighted by molar-refractivity contribution is 5.74. The Kier molecular flexibility index (Phi) is 4.30. The molecule has 0 amide bonds. The van der Waals surface area contributed by atoms with Crippen LogP contribution in [0.15, 0.2) is 35.1 Å². The van der Waals surface area contributed by atoms with Crippen molar-refractivity contribution in [3.63, 3.8) is 0 Å². The number of rotatable bonds is 5. The molecular weight excluding hydrogens is 302 g/mol. The van der Waals surface area contributed by atoms with E-state index < -0.39 is 0 Å². The van der Waals surface area contributed by atoms with Gasteiger partial charge in [0.1, 0.15) is 0 Å². The molecule has 1 fully saturated rings. The summed E-state index contributed by atoms with van der Waals surface area (Å²) >= 11 is 0. The first-order valence-electron chi connectivity index (χ1n) is 8.68. The molecule has 4 rings (SSSR count). The van der Waals surface area contributed by atoms with Gasteiger partial charge in [0.2, 0.25) is 5.89 Å². The van der Waals surface area contributed by atoms with E-state index in [4.69, 9.17) is 4.52 Å². The van der Waals surface area contributed by atoms with E-state index >= 15 is 0 Å². The molecule has 3 heterocycles. The molecule has 0 atom stereocenters. The second-order valence-electron chi connectivity index (χ2n) is 6.73. The third-order valence-corrected chi connectivity index (χ3v) is 4.91. The Morgan fingerprint density at radius 3 is 2.92 bits per heavy atom. The van der Waals surface area contributed by atoms with Gasteiger partial charge in [0.05, 0.1) is 17.4 Å². The van der Waals surface area contributed by atoms with Gasteiger partial charge in [-0.1, -0.05) is 17.3 Å². The number of para-hydroxylation sites is 2. The molecule has 126 valence electrons. The van der Waals surface area contributed by atoms with E-state index in [2.05, 4.69) is 37.7 Å². The average Bonchev–Trinajstić information content (AvgIpc) is 3.22. The number of nitrogens with zero attached hydrogens (tertiary/aromatic N) is 5. The molecule has 1 aliphatic rings. The molecule has 1 aromatic carbocycles. The highest BCUT2D eigenvalue weighted by atomic mass is 16.5. The van der Waals surface area contributed by atoms with Crippen LogP contribution >= 0.6 is 0 Å². The van der Waals surface area contributed by atoms with Crippen LogP contribution in [0.4, 0.5) is 0 Å². The summed E-state index contributed by atoms with van der Waals surface area (Å²) in [5.41, 5.74) is 2.16. The number of hydrogen-bond donors (Lipinski definition) is 0. The van der Waals surface area contributed by atoms with Gasteiger partial charge < -0.3 is 14.0 Å². The van der Waals surface area contributed by atoms with Crippen molar-refractivity contribution in [2.75, 3.05) is 20.1 Å². The lowest BCUT2D eigenvalue weighted by Crippen LogP contribution is -2.31. The minimum Gasteiger partial charge on any atom is -0.339 e. The topological polar surface area (TPSA) is 60.0 Å². The average molecular weight is 325 g/mol. The van der Waals surface area contributed by atoms with Crippen LogP contribution in [0.5, 0.6) is 0 Å². The van der Waals surface area contributed by atoms with E-state index in [1.54, 1.807) is 0 Å². The van der Waals surface area contributed by atoms with Crippen LogP contribution in [0.2, 0.25) is 0 Å². The van der Waals surface area contributed by atoms with Crippen LogP contribution in [0, 0.1) is 5.92 Å². The summed E-state index contributed by atoms with van der Waals surface area (Å²) in [6.45, 7) is 3.14. The maximum atomic E-state index is 5.43. The Labute approximate surface area is 141 Å². The van der Waals surface area contributed by atoms with E-state index in [0.717, 1.165) is 42.1 Å². The lowest BCUT2D eigenvalue weighted by Gasteiger charge is -2.28. The van der Waals surface area contributed by atoms with Crippen molar-refractivity contribution in [2.45, 2.75) is 32.2 Å². The summed E-state index contributed by atoms with van der Waals surface area (Å²) in [6.07, 6.45) is 6.00. The van der Waals surface area contributed by atoms with Crippen molar-refractivity contribution in [1.29, 1.82) is 0 Å². The molecule has 0 unspecified atom stereocenters. The predicted molar refractivity (Wildman–Crippen MR) is 91.7 cm³/mol. The molecule has 1 saturated heterocycles. The number of piperidine rings is 1. The van der Waals surface area contributed by atoms with Crippen LogP contribution < -0.4 is 0 Å². The molecule has 0 N–H and O–H groups in total. The summed E-state index contributed by atoms with van der Waals surface area (Å²) in [5, 5.41) is 4.17. The Bertz CT molecular complexity index is 800. The SMILES string of the molecule is CN1CCC(Cc2noc(CCn3cnc4ccccc43)n2)CC1. The summed E-state index contributed by atoms with van der Waals surface area (Å²) in [7, 11) is 2.18. The van der Waals surface area contributed by atoms with Crippen LogP contribution in [0.3, 0.4) is 0 Å². The van der Waals surface area contributed by atoms with Crippen LogP contribution in [-0.4, -0.2) is 44.7 Å². The van der Waals surface area contributed by atoms with E-state index in [-0.39, 0.29) is 0 Å². The molecule has 2 aromatic heterocycles. The van der Waals surface area contributed by atoms with Gasteiger partial charge in [-0.15, -0.1) is 0 Å². The van der Waals surface area contributed by atoms with Gasteiger partial charge in [0, 0.05) is 19.4 Å². The molecule has 1 aliphatic heterocycles. The number of benzene rings is 1. The van der Waals surface area contributed by atoms with Crippen molar-refractivity contribution >= 4 is 11.0 Å². The quantitative estimate of drug-likeness (QED) is 0.721. The second-order valence-corrected chi connectivity index (χ2v) is 6.73. The third kappa shape index (κ3) is 3.33. The van der Waals surface area contributed by atoms with Gasteiger partial charge in [-0.3, -0.25) is 0 Å². The Morgan fingerprint density at radius 2 is 2.04 bits per heavy atom. The van der Waals surface area contributed by atoms with Crippen LogP contribution in [0.25, 0.3) is 11.0 Å². The van der Waals surface area contributed by atoms with E-state index in [9.17, 15) is 0 Å². The predicted octanol–water partition coefficient (Wildman–Crippen LogP) is 2.55. The van der Waals surface area contributed by atoms with E-state index in [0.29, 0.717) is 5.92 Å². The maximum absolute atomic E-state index is 5.43. The smallest absolute Gasteiger partial charge is 0.228 e. The molecular formula is C18H23N5O. The van der Waals surface area contributed by atoms with Crippen molar-refractivity contribution in [1.82, 2.24) is 24.6 Å². The van der Waals surface area contributed by atoms with Gasteiger partial charge in [-0.25, -0.2) is 4.98 Å². The first kappa shape index (κ1) is 15.3. The number of imidazole rings is 1. The van der Waals surface area contributed by atoms with Crippen molar-refractivity contribution < 1.29 is 4.52 Å². The zero-order chi connectivity index (χ0) is 16.4. The first-order chi connectivity index (χ1) is 11.8. The molecule has 0 saturated carbocycles. The summed E-state index contributed by atoms with van der Waals surface area (Å²) in [5.74, 6) is 2.26. The van der Waals surface area contributed by atoms with E-state index in [1.165, 1.54) is 25.9 Å². The monoisotopic (exact) mass is 325 g/mol. The fraction of sp³-hybridized carbons (Fsp3) is 0.500. The minimum atomic E-state index is 0.684. The molecule has 0 bridgehead atoms. The van der Waals surface area contributed by atoms with Crippen molar-refractivity contribution in [3.8, 4) is 0 Å². The largest absolute Gasteiger partial charge is 0.339 e. The Balaban J connectivity index is 1.35. The van der Waals surface area contributed by atoms with Gasteiger partial charge in [0.15, 0.2) is 5.82 Å². The van der Waals surface area contributed by atoms with Gasteiger partial charge >= 0.3 is 0 Å². The molecule has 24 heavy (non-hydrogen) atoms. The highest BCUT2D eigenvalue weighted by Crippen LogP contribution is 2.20. The number of aromatic nitrogens is 4. The third-order valence-electron chi connectivity index (χ3n) is 4.91. The van der Waals surface area contributed by atoms with Gasteiger partial charge in [-0.2, -0.15) is 4.98 Å². The standard InChI is InChI=1S/C18H23N5O/c1-22-9-6-14(7-10-22)12-17-20-18(24-21-17)8-11-23-13-19-15-4-2-3-5-16(15)23/h2-5,13-14H,6-12H2,1H3. The minimum absolute atomic E-state index is 0.684. The number of fused-ring (bicyclic) bond motifs is 1. The molecule has 0 aliphatic carbocycles. The Morgan fingerprint density at radius 1 is 1.21 bits per heavy atom. The second kappa shape index (κ2) is 6.73. The fourth-order valence-corrected chi connectivity index (χ4v) is 3.40. The van der Waals surface area contributed by atoms with Gasteiger partial charge in [-0.05, 0) is 51.0 Å². The van der Waals surface area contributed by atoms with Crippen molar-refractivity contribution in [2.24, 2.45) is 5.92 Å². The summed E-state index contributed by atoms with van der Waals surface area (Å²) < 4.78 is 7.57. The summed E-state index contributed by atoms with van der Waals surface area (Å²) in [4.78, 5) is 11.4. The summed E-state index contributed by atoms with van der Waals surface area (Å²) in [6, 6.07) is 8.15. The molecule has 3 aromatic rings. The molecule has 0 radical (unpaired) electrons. The lowest BCUT2D eigenvalue weighted by molar-refractivity contribution is 0.216. The molecule has 0 spiro atoms. The van der Waals surface area contributed by atoms with Gasteiger partial charge in [0.25, 0.3) is 0 Å². The van der Waals surface area contributed by atoms with Crippen molar-refractivity contribution in [3.05, 3.63) is 42.3 Å². The normalized spacial score (nSPS) is 16.9. The zero-order valence-electron chi connectivity index (χ0n) is 14.1. The molecule has 6 heteroatoms. The molecule has 6 nitrogen and oxygen atoms in total. The zero-order valence-corrected chi connectivity index (χ0v) is 14.1. The van der Waals surface area contributed by atoms with E-state index in [1.807, 2.05) is 24.5 Å². The van der Waals surface area contributed by atoms with Crippen LogP contribution in [-0.2, 0) is 19.4 Å². The highest BCUT2D eigenvalue weighted by Gasteiger charge is 2.19. The number of aryl methyl sites for hydroxylation is 2. The fourth-order valence-electron chi connectivity index (χ4n) is 3.40. The van der Waals surface area contributed by atoms with Crippen LogP contribution in [0.1, 0.15) is 24.6 Å².